The highest BCUT2D eigenvalue weighted by Gasteiger charge is 2.45. The summed E-state index contributed by atoms with van der Waals surface area (Å²) in [6.07, 6.45) is 2.47. The van der Waals surface area contributed by atoms with Gasteiger partial charge in [-0.25, -0.2) is 0 Å². The molecular formula is C13H29NO. The first kappa shape index (κ1) is 14.9. The molecule has 0 radical (unpaired) electrons. The second-order valence-corrected chi connectivity index (χ2v) is 4.56. The highest BCUT2D eigenvalue weighted by Crippen LogP contribution is 2.40. The van der Waals surface area contributed by atoms with E-state index in [2.05, 4.69) is 26.1 Å². The van der Waals surface area contributed by atoms with Gasteiger partial charge < -0.3 is 10.1 Å². The molecule has 0 aromatic heterocycles. The Hall–Kier alpha value is -0.0800. The topological polar surface area (TPSA) is 21.3 Å². The second-order valence-electron chi connectivity index (χ2n) is 4.56. The smallest absolute Gasteiger partial charge is 0.0468 e. The van der Waals surface area contributed by atoms with Crippen LogP contribution in [0.5, 0.6) is 0 Å². The van der Waals surface area contributed by atoms with Gasteiger partial charge >= 0.3 is 0 Å². The van der Waals surface area contributed by atoms with Crippen LogP contribution in [0.3, 0.4) is 0 Å². The fourth-order valence-corrected chi connectivity index (χ4v) is 2.52. The minimum absolute atomic E-state index is 0.518. The molecule has 0 spiro atoms. The van der Waals surface area contributed by atoms with Gasteiger partial charge in [-0.1, -0.05) is 34.6 Å². The Balaban J connectivity index is 0.000000921. The third kappa shape index (κ3) is 3.46. The van der Waals surface area contributed by atoms with E-state index in [1.807, 2.05) is 13.8 Å². The Morgan fingerprint density at radius 3 is 2.27 bits per heavy atom. The summed E-state index contributed by atoms with van der Waals surface area (Å²) >= 11 is 0. The van der Waals surface area contributed by atoms with Crippen LogP contribution in [0.2, 0.25) is 0 Å². The average molecular weight is 215 g/mol. The zero-order valence-corrected chi connectivity index (χ0v) is 11.4. The molecule has 0 amide bonds. The van der Waals surface area contributed by atoms with Gasteiger partial charge in [0.05, 0.1) is 0 Å². The van der Waals surface area contributed by atoms with Gasteiger partial charge in [0.15, 0.2) is 0 Å². The lowest BCUT2D eigenvalue weighted by Gasteiger charge is -2.52. The van der Waals surface area contributed by atoms with Crippen molar-refractivity contribution >= 4 is 0 Å². The molecular weight excluding hydrogens is 186 g/mol. The Morgan fingerprint density at radius 1 is 1.40 bits per heavy atom. The van der Waals surface area contributed by atoms with Crippen LogP contribution < -0.4 is 5.32 Å². The summed E-state index contributed by atoms with van der Waals surface area (Å²) in [4.78, 5) is 0. The molecule has 1 rings (SSSR count). The van der Waals surface area contributed by atoms with Crippen LogP contribution in [0.15, 0.2) is 0 Å². The number of rotatable bonds is 5. The van der Waals surface area contributed by atoms with Gasteiger partial charge in [0.2, 0.25) is 0 Å². The summed E-state index contributed by atoms with van der Waals surface area (Å²) < 4.78 is 5.18. The maximum absolute atomic E-state index is 5.18. The number of ether oxygens (including phenoxy) is 1. The molecule has 1 saturated heterocycles. The largest absolute Gasteiger partial charge is 0.385 e. The van der Waals surface area contributed by atoms with Crippen molar-refractivity contribution in [3.8, 4) is 0 Å². The van der Waals surface area contributed by atoms with Gasteiger partial charge in [0.25, 0.3) is 0 Å². The monoisotopic (exact) mass is 215 g/mol. The van der Waals surface area contributed by atoms with E-state index in [1.165, 1.54) is 19.4 Å². The third-order valence-corrected chi connectivity index (χ3v) is 3.51. The van der Waals surface area contributed by atoms with Crippen molar-refractivity contribution in [1.82, 2.24) is 5.32 Å². The summed E-state index contributed by atoms with van der Waals surface area (Å²) in [5.74, 6) is 0.741. The minimum Gasteiger partial charge on any atom is -0.385 e. The molecule has 0 bridgehead atoms. The average Bonchev–Trinajstić information content (AvgIpc) is 2.20. The van der Waals surface area contributed by atoms with E-state index < -0.39 is 0 Å². The highest BCUT2D eigenvalue weighted by atomic mass is 16.5. The van der Waals surface area contributed by atoms with Crippen molar-refractivity contribution in [2.75, 3.05) is 20.3 Å². The molecule has 2 atom stereocenters. The van der Waals surface area contributed by atoms with Crippen molar-refractivity contribution in [1.29, 1.82) is 0 Å². The number of hydrogen-bond acceptors (Lipinski definition) is 2. The van der Waals surface area contributed by atoms with Crippen LogP contribution >= 0.6 is 0 Å². The number of methoxy groups -OCH3 is 1. The van der Waals surface area contributed by atoms with Gasteiger partial charge in [-0.15, -0.1) is 0 Å². The lowest BCUT2D eigenvalue weighted by molar-refractivity contribution is 0.0111. The van der Waals surface area contributed by atoms with Crippen molar-refractivity contribution in [2.24, 2.45) is 11.3 Å². The fourth-order valence-electron chi connectivity index (χ4n) is 2.52. The fraction of sp³-hybridized carbons (Fsp3) is 1.00. The molecule has 1 aliphatic heterocycles. The Kier molecular flexibility index (Phi) is 7.20. The van der Waals surface area contributed by atoms with Crippen LogP contribution in [0.1, 0.15) is 47.5 Å². The summed E-state index contributed by atoms with van der Waals surface area (Å²) in [5.41, 5.74) is 0.518. The summed E-state index contributed by atoms with van der Waals surface area (Å²) in [6, 6.07) is 0.702. The van der Waals surface area contributed by atoms with Crippen LogP contribution in [0.4, 0.5) is 0 Å². The summed E-state index contributed by atoms with van der Waals surface area (Å²) in [6.45, 7) is 13.0. The quantitative estimate of drug-likeness (QED) is 0.761. The van der Waals surface area contributed by atoms with Crippen LogP contribution in [-0.2, 0) is 4.74 Å². The predicted molar refractivity (Wildman–Crippen MR) is 67.2 cm³/mol. The van der Waals surface area contributed by atoms with Gasteiger partial charge in [0, 0.05) is 31.7 Å². The first-order chi connectivity index (χ1) is 7.16. The van der Waals surface area contributed by atoms with E-state index in [0.717, 1.165) is 12.5 Å². The molecule has 15 heavy (non-hydrogen) atoms. The van der Waals surface area contributed by atoms with E-state index in [9.17, 15) is 0 Å². The standard InChI is InChI=1S/C11H23NO.C2H6/c1-5-11(6-7-13-4)8-12-10(11)9(2)3;1-2/h9-10,12H,5-8H2,1-4H3;1-2H3. The lowest BCUT2D eigenvalue weighted by Crippen LogP contribution is -2.64. The SMILES string of the molecule is CC.CCC1(CCOC)CNC1C(C)C. The highest BCUT2D eigenvalue weighted by molar-refractivity contribution is 5.02. The van der Waals surface area contributed by atoms with Crippen molar-refractivity contribution in [3.05, 3.63) is 0 Å². The predicted octanol–water partition coefficient (Wildman–Crippen LogP) is 3.07. The zero-order chi connectivity index (χ0) is 11.9. The number of hydrogen-bond donors (Lipinski definition) is 1. The van der Waals surface area contributed by atoms with E-state index in [-0.39, 0.29) is 0 Å². The third-order valence-electron chi connectivity index (χ3n) is 3.51. The molecule has 2 unspecified atom stereocenters. The molecule has 1 aliphatic rings. The van der Waals surface area contributed by atoms with E-state index in [1.54, 1.807) is 7.11 Å². The molecule has 1 heterocycles. The molecule has 0 aliphatic carbocycles. The molecule has 1 fully saturated rings. The molecule has 1 N–H and O–H groups in total. The zero-order valence-electron chi connectivity index (χ0n) is 11.4. The Labute approximate surface area is 95.8 Å². The Bertz CT molecular complexity index is 155. The summed E-state index contributed by atoms with van der Waals surface area (Å²) in [7, 11) is 1.79. The van der Waals surface area contributed by atoms with Gasteiger partial charge in [-0.3, -0.25) is 0 Å². The summed E-state index contributed by atoms with van der Waals surface area (Å²) in [5, 5.41) is 3.54. The van der Waals surface area contributed by atoms with Crippen molar-refractivity contribution < 1.29 is 4.74 Å². The first-order valence-corrected chi connectivity index (χ1v) is 6.38. The molecule has 0 aromatic carbocycles. The minimum atomic E-state index is 0.518. The van der Waals surface area contributed by atoms with Gasteiger partial charge in [0.1, 0.15) is 0 Å². The molecule has 2 nitrogen and oxygen atoms in total. The van der Waals surface area contributed by atoms with E-state index >= 15 is 0 Å². The molecule has 0 aromatic rings. The second kappa shape index (κ2) is 7.24. The van der Waals surface area contributed by atoms with Crippen LogP contribution in [0.25, 0.3) is 0 Å². The maximum Gasteiger partial charge on any atom is 0.0468 e. The van der Waals surface area contributed by atoms with E-state index in [0.29, 0.717) is 11.5 Å². The van der Waals surface area contributed by atoms with Crippen LogP contribution in [0, 0.1) is 11.3 Å². The molecule has 2 heteroatoms. The normalized spacial score (nSPS) is 29.4. The first-order valence-electron chi connectivity index (χ1n) is 6.38. The van der Waals surface area contributed by atoms with E-state index in [4.69, 9.17) is 4.74 Å². The number of nitrogens with one attached hydrogen (secondary N) is 1. The lowest BCUT2D eigenvalue weighted by atomic mass is 9.65. The maximum atomic E-state index is 5.18. The molecule has 92 valence electrons. The molecule has 0 saturated carbocycles. The van der Waals surface area contributed by atoms with Crippen molar-refractivity contribution in [2.45, 2.75) is 53.5 Å². The van der Waals surface area contributed by atoms with Crippen molar-refractivity contribution in [3.63, 3.8) is 0 Å². The van der Waals surface area contributed by atoms with Gasteiger partial charge in [-0.2, -0.15) is 0 Å². The Morgan fingerprint density at radius 2 is 2.00 bits per heavy atom. The van der Waals surface area contributed by atoms with Gasteiger partial charge in [-0.05, 0) is 18.8 Å². The van der Waals surface area contributed by atoms with Crippen LogP contribution in [-0.4, -0.2) is 26.3 Å².